The van der Waals surface area contributed by atoms with E-state index in [1.807, 2.05) is 19.1 Å². The van der Waals surface area contributed by atoms with Crippen LogP contribution in [0.25, 0.3) is 6.08 Å². The fourth-order valence-electron chi connectivity index (χ4n) is 2.92. The van der Waals surface area contributed by atoms with Gasteiger partial charge in [0.15, 0.2) is 11.5 Å². The summed E-state index contributed by atoms with van der Waals surface area (Å²) in [6.45, 7) is 3.65. The fraction of sp³-hybridized carbons (Fsp3) is 0.158. The second-order valence-electron chi connectivity index (χ2n) is 6.22. The molecule has 136 valence electrons. The molecule has 0 saturated heterocycles. The molecular weight excluding hydrogens is 350 g/mol. The number of hydrogen-bond donors (Lipinski definition) is 0. The molecule has 0 aliphatic carbocycles. The van der Waals surface area contributed by atoms with Crippen molar-refractivity contribution >= 4 is 29.1 Å². The normalized spacial score (nSPS) is 16.8. The van der Waals surface area contributed by atoms with Crippen LogP contribution >= 0.6 is 0 Å². The lowest BCUT2D eigenvalue weighted by Crippen LogP contribution is -2.21. The zero-order valence-electron chi connectivity index (χ0n) is 14.6. The molecule has 2 aliphatic heterocycles. The number of benzene rings is 2. The highest BCUT2D eigenvalue weighted by molar-refractivity contribution is 6.32. The summed E-state index contributed by atoms with van der Waals surface area (Å²) in [5, 5.41) is 17.0. The number of anilines is 1. The Bertz CT molecular complexity index is 1020. The van der Waals surface area contributed by atoms with E-state index in [0.29, 0.717) is 22.9 Å². The van der Waals surface area contributed by atoms with Crippen molar-refractivity contribution in [2.45, 2.75) is 13.8 Å². The van der Waals surface area contributed by atoms with Crippen LogP contribution in [0, 0.1) is 17.0 Å². The third-order valence-electron chi connectivity index (χ3n) is 4.36. The molecule has 2 aromatic rings. The van der Waals surface area contributed by atoms with Crippen LogP contribution in [0.1, 0.15) is 18.1 Å². The van der Waals surface area contributed by atoms with Gasteiger partial charge in [-0.1, -0.05) is 17.7 Å². The Labute approximate surface area is 154 Å². The van der Waals surface area contributed by atoms with Gasteiger partial charge in [0.1, 0.15) is 0 Å². The van der Waals surface area contributed by atoms with Gasteiger partial charge in [0.05, 0.1) is 33.5 Å². The number of nitro groups is 1. The number of aryl methyl sites for hydroxylation is 1. The predicted octanol–water partition coefficient (Wildman–Crippen LogP) is 3.44. The van der Waals surface area contributed by atoms with Crippen molar-refractivity contribution in [2.24, 2.45) is 5.10 Å². The SMILES string of the molecule is CC1=NN(c2ccc(C)cc2)C(=O)/C1=C\c1cc2c(cc1[N+](=O)[O-])OCO2. The number of fused-ring (bicyclic) bond motifs is 1. The summed E-state index contributed by atoms with van der Waals surface area (Å²) in [5.74, 6) is 0.375. The smallest absolute Gasteiger partial charge is 0.280 e. The van der Waals surface area contributed by atoms with Crippen molar-refractivity contribution in [1.29, 1.82) is 0 Å². The monoisotopic (exact) mass is 365 g/mol. The lowest BCUT2D eigenvalue weighted by Gasteiger charge is -2.11. The van der Waals surface area contributed by atoms with Crippen molar-refractivity contribution in [3.05, 3.63) is 63.2 Å². The second kappa shape index (κ2) is 6.24. The first-order valence-electron chi connectivity index (χ1n) is 8.20. The van der Waals surface area contributed by atoms with Crippen molar-refractivity contribution < 1.29 is 19.2 Å². The van der Waals surface area contributed by atoms with Crippen LogP contribution in [-0.2, 0) is 4.79 Å². The number of carbonyl (C=O) groups excluding carboxylic acids is 1. The van der Waals surface area contributed by atoms with Gasteiger partial charge >= 0.3 is 0 Å². The van der Waals surface area contributed by atoms with Crippen LogP contribution in [0.5, 0.6) is 11.5 Å². The molecule has 0 atom stereocenters. The maximum Gasteiger partial charge on any atom is 0.280 e. The van der Waals surface area contributed by atoms with Gasteiger partial charge in [-0.05, 0) is 38.1 Å². The van der Waals surface area contributed by atoms with Gasteiger partial charge in [-0.15, -0.1) is 0 Å². The molecule has 2 aromatic carbocycles. The minimum atomic E-state index is -0.516. The number of carbonyl (C=O) groups is 1. The minimum absolute atomic E-state index is 0.00707. The van der Waals surface area contributed by atoms with Gasteiger partial charge in [0.2, 0.25) is 6.79 Å². The summed E-state index contributed by atoms with van der Waals surface area (Å²) in [7, 11) is 0. The Morgan fingerprint density at radius 2 is 1.81 bits per heavy atom. The Morgan fingerprint density at radius 3 is 2.48 bits per heavy atom. The molecule has 4 rings (SSSR count). The van der Waals surface area contributed by atoms with E-state index in [4.69, 9.17) is 9.47 Å². The lowest BCUT2D eigenvalue weighted by atomic mass is 10.0. The number of amides is 1. The highest BCUT2D eigenvalue weighted by Crippen LogP contribution is 2.39. The molecule has 0 N–H and O–H groups in total. The molecule has 27 heavy (non-hydrogen) atoms. The van der Waals surface area contributed by atoms with Gasteiger partial charge in [0, 0.05) is 0 Å². The molecule has 0 bridgehead atoms. The molecule has 8 heteroatoms. The Morgan fingerprint density at radius 1 is 1.15 bits per heavy atom. The van der Waals surface area contributed by atoms with Crippen molar-refractivity contribution in [1.82, 2.24) is 0 Å². The summed E-state index contributed by atoms with van der Waals surface area (Å²) in [6.07, 6.45) is 1.47. The van der Waals surface area contributed by atoms with E-state index in [0.717, 1.165) is 5.56 Å². The minimum Gasteiger partial charge on any atom is -0.454 e. The van der Waals surface area contributed by atoms with Gasteiger partial charge in [0.25, 0.3) is 11.6 Å². The lowest BCUT2D eigenvalue weighted by molar-refractivity contribution is -0.385. The van der Waals surface area contributed by atoms with Crippen LogP contribution in [0.4, 0.5) is 11.4 Å². The molecule has 2 heterocycles. The van der Waals surface area contributed by atoms with Crippen LogP contribution < -0.4 is 14.5 Å². The van der Waals surface area contributed by atoms with Gasteiger partial charge in [-0.2, -0.15) is 10.1 Å². The molecule has 8 nitrogen and oxygen atoms in total. The topological polar surface area (TPSA) is 94.3 Å². The van der Waals surface area contributed by atoms with Gasteiger partial charge in [-0.25, -0.2) is 0 Å². The van der Waals surface area contributed by atoms with E-state index in [2.05, 4.69) is 5.10 Å². The van der Waals surface area contributed by atoms with E-state index < -0.39 is 4.92 Å². The average molecular weight is 365 g/mol. The largest absolute Gasteiger partial charge is 0.454 e. The van der Waals surface area contributed by atoms with Crippen LogP contribution in [-0.4, -0.2) is 23.3 Å². The summed E-state index contributed by atoms with van der Waals surface area (Å²) in [6, 6.07) is 10.2. The number of ether oxygens (including phenoxy) is 2. The quantitative estimate of drug-likeness (QED) is 0.472. The summed E-state index contributed by atoms with van der Waals surface area (Å²) < 4.78 is 10.5. The van der Waals surface area contributed by atoms with Crippen molar-refractivity contribution in [3.63, 3.8) is 0 Å². The molecule has 0 aromatic heterocycles. The number of rotatable bonds is 3. The second-order valence-corrected chi connectivity index (χ2v) is 6.22. The zero-order chi connectivity index (χ0) is 19.1. The Hall–Kier alpha value is -3.68. The molecule has 1 amide bonds. The first-order chi connectivity index (χ1) is 12.9. The van der Waals surface area contributed by atoms with E-state index in [9.17, 15) is 14.9 Å². The number of nitro benzene ring substituents is 1. The first kappa shape index (κ1) is 16.8. The molecular formula is C19H15N3O5. The molecule has 2 aliphatic rings. The summed E-state index contributed by atoms with van der Waals surface area (Å²) >= 11 is 0. The number of hydrazone groups is 1. The Balaban J connectivity index is 1.75. The maximum absolute atomic E-state index is 12.8. The van der Waals surface area contributed by atoms with Crippen molar-refractivity contribution in [3.8, 4) is 11.5 Å². The number of nitrogens with zero attached hydrogens (tertiary/aromatic N) is 3. The van der Waals surface area contributed by atoms with Gasteiger partial charge in [-0.3, -0.25) is 14.9 Å². The van der Waals surface area contributed by atoms with E-state index >= 15 is 0 Å². The van der Waals surface area contributed by atoms with Crippen LogP contribution in [0.15, 0.2) is 47.1 Å². The Kier molecular flexibility index (Phi) is 3.88. The molecule has 0 unspecified atom stereocenters. The van der Waals surface area contributed by atoms with Crippen LogP contribution in [0.2, 0.25) is 0 Å². The maximum atomic E-state index is 12.8. The third-order valence-corrected chi connectivity index (χ3v) is 4.36. The molecule has 0 radical (unpaired) electrons. The van der Waals surface area contributed by atoms with Crippen molar-refractivity contribution in [2.75, 3.05) is 11.8 Å². The average Bonchev–Trinajstić information content (AvgIpc) is 3.20. The zero-order valence-corrected chi connectivity index (χ0v) is 14.6. The van der Waals surface area contributed by atoms with E-state index in [-0.39, 0.29) is 29.5 Å². The summed E-state index contributed by atoms with van der Waals surface area (Å²) in [5.41, 5.74) is 2.56. The van der Waals surface area contributed by atoms with Gasteiger partial charge < -0.3 is 9.47 Å². The standard InChI is InChI=1S/C19H15N3O5/c1-11-3-5-14(6-4-11)21-19(23)15(12(2)20-21)7-13-8-17-18(27-10-26-17)9-16(13)22(24)25/h3-9H,10H2,1-2H3/b15-7-. The summed E-state index contributed by atoms with van der Waals surface area (Å²) in [4.78, 5) is 23.8. The first-order valence-corrected chi connectivity index (χ1v) is 8.20. The predicted molar refractivity (Wildman–Crippen MR) is 99.0 cm³/mol. The highest BCUT2D eigenvalue weighted by atomic mass is 16.7. The fourth-order valence-corrected chi connectivity index (χ4v) is 2.92. The number of hydrogen-bond acceptors (Lipinski definition) is 6. The molecule has 0 fully saturated rings. The van der Waals surface area contributed by atoms with E-state index in [1.165, 1.54) is 23.2 Å². The molecule has 0 saturated carbocycles. The highest BCUT2D eigenvalue weighted by Gasteiger charge is 2.30. The molecule has 0 spiro atoms. The third kappa shape index (κ3) is 2.91. The van der Waals surface area contributed by atoms with E-state index in [1.54, 1.807) is 19.1 Å². The van der Waals surface area contributed by atoms with Crippen LogP contribution in [0.3, 0.4) is 0 Å².